The van der Waals surface area contributed by atoms with Gasteiger partial charge in [-0.3, -0.25) is 9.36 Å². The second kappa shape index (κ2) is 8.74. The van der Waals surface area contributed by atoms with E-state index in [9.17, 15) is 4.79 Å². The molecule has 0 fully saturated rings. The third-order valence-corrected chi connectivity index (χ3v) is 5.30. The van der Waals surface area contributed by atoms with Gasteiger partial charge in [0.1, 0.15) is 6.33 Å². The summed E-state index contributed by atoms with van der Waals surface area (Å²) in [6, 6.07) is 17.9. The average Bonchev–Trinajstić information content (AvgIpc) is 3.44. The van der Waals surface area contributed by atoms with Gasteiger partial charge in [0.2, 0.25) is 5.91 Å². The normalized spacial score (nSPS) is 10.8. The van der Waals surface area contributed by atoms with Gasteiger partial charge in [-0.1, -0.05) is 41.6 Å². The molecule has 0 unspecified atom stereocenters. The molecule has 0 atom stereocenters. The van der Waals surface area contributed by atoms with Gasteiger partial charge in [0.15, 0.2) is 5.16 Å². The van der Waals surface area contributed by atoms with Crippen LogP contribution in [0.4, 0.5) is 0 Å². The SMILES string of the molecule is Cc1ccc(-n2cnnc2SCC(=O)NCc2ccc(-n3cccn3)cc2)cc1. The highest BCUT2D eigenvalue weighted by atomic mass is 32.2. The van der Waals surface area contributed by atoms with Gasteiger partial charge >= 0.3 is 0 Å². The van der Waals surface area contributed by atoms with Crippen molar-refractivity contribution in [1.82, 2.24) is 29.9 Å². The summed E-state index contributed by atoms with van der Waals surface area (Å²) in [5.41, 5.74) is 4.17. The smallest absolute Gasteiger partial charge is 0.230 e. The molecule has 2 aromatic heterocycles. The van der Waals surface area contributed by atoms with E-state index in [1.807, 2.05) is 72.3 Å². The maximum atomic E-state index is 12.3. The molecule has 4 aromatic rings. The van der Waals surface area contributed by atoms with E-state index in [1.54, 1.807) is 17.2 Å². The maximum absolute atomic E-state index is 12.3. The largest absolute Gasteiger partial charge is 0.351 e. The number of hydrogen-bond donors (Lipinski definition) is 1. The van der Waals surface area contributed by atoms with Crippen LogP contribution in [0.25, 0.3) is 11.4 Å². The molecular formula is C21H20N6OS. The second-order valence-electron chi connectivity index (χ2n) is 6.50. The van der Waals surface area contributed by atoms with E-state index < -0.39 is 0 Å². The molecule has 0 radical (unpaired) electrons. The Balaban J connectivity index is 1.30. The predicted octanol–water partition coefficient (Wildman–Crippen LogP) is 3.17. The summed E-state index contributed by atoms with van der Waals surface area (Å²) in [5.74, 6) is 0.222. The second-order valence-corrected chi connectivity index (χ2v) is 7.44. The molecule has 0 aliphatic heterocycles. The van der Waals surface area contributed by atoms with Crippen LogP contribution < -0.4 is 5.32 Å². The number of aromatic nitrogens is 5. The minimum Gasteiger partial charge on any atom is -0.351 e. The van der Waals surface area contributed by atoms with Gasteiger partial charge in [-0.2, -0.15) is 5.10 Å². The molecule has 2 heterocycles. The molecule has 1 N–H and O–H groups in total. The third kappa shape index (κ3) is 4.72. The topological polar surface area (TPSA) is 77.6 Å². The zero-order valence-electron chi connectivity index (χ0n) is 15.9. The Morgan fingerprint density at radius 3 is 2.55 bits per heavy atom. The van der Waals surface area contributed by atoms with E-state index in [0.29, 0.717) is 11.7 Å². The van der Waals surface area contributed by atoms with Crippen LogP contribution in [0.3, 0.4) is 0 Å². The Morgan fingerprint density at radius 1 is 1.07 bits per heavy atom. The van der Waals surface area contributed by atoms with Crippen LogP contribution in [0.1, 0.15) is 11.1 Å². The van der Waals surface area contributed by atoms with Gasteiger partial charge in [0.05, 0.1) is 11.4 Å². The predicted molar refractivity (Wildman–Crippen MR) is 112 cm³/mol. The molecule has 0 saturated carbocycles. The van der Waals surface area contributed by atoms with Crippen molar-refractivity contribution in [3.8, 4) is 11.4 Å². The van der Waals surface area contributed by atoms with Gasteiger partial charge < -0.3 is 5.32 Å². The number of hydrogen-bond acceptors (Lipinski definition) is 5. The maximum Gasteiger partial charge on any atom is 0.230 e. The number of amides is 1. The Morgan fingerprint density at radius 2 is 1.83 bits per heavy atom. The molecular weight excluding hydrogens is 384 g/mol. The van der Waals surface area contributed by atoms with Crippen LogP contribution in [0, 0.1) is 6.92 Å². The van der Waals surface area contributed by atoms with E-state index in [4.69, 9.17) is 0 Å². The lowest BCUT2D eigenvalue weighted by molar-refractivity contribution is -0.118. The number of nitrogens with zero attached hydrogens (tertiary/aromatic N) is 5. The number of aryl methyl sites for hydroxylation is 1. The lowest BCUT2D eigenvalue weighted by Gasteiger charge is -2.08. The summed E-state index contributed by atoms with van der Waals surface area (Å²) < 4.78 is 3.68. The summed E-state index contributed by atoms with van der Waals surface area (Å²) in [7, 11) is 0. The standard InChI is InChI=1S/C21H20N6OS/c1-16-3-7-18(8-4-16)26-15-23-25-21(26)29-14-20(28)22-13-17-5-9-19(10-6-17)27-12-2-11-24-27/h2-12,15H,13-14H2,1H3,(H,22,28). The first-order valence-electron chi connectivity index (χ1n) is 9.14. The number of benzene rings is 2. The molecule has 7 nitrogen and oxygen atoms in total. The summed E-state index contributed by atoms with van der Waals surface area (Å²) in [4.78, 5) is 12.3. The highest BCUT2D eigenvalue weighted by Gasteiger charge is 2.10. The van der Waals surface area contributed by atoms with Gasteiger partial charge in [0, 0.05) is 24.6 Å². The van der Waals surface area contributed by atoms with Crippen molar-refractivity contribution in [3.63, 3.8) is 0 Å². The molecule has 0 aliphatic carbocycles. The summed E-state index contributed by atoms with van der Waals surface area (Å²) in [6.45, 7) is 2.52. The quantitative estimate of drug-likeness (QED) is 0.479. The van der Waals surface area contributed by atoms with Crippen molar-refractivity contribution in [1.29, 1.82) is 0 Å². The molecule has 1 amide bonds. The first-order valence-corrected chi connectivity index (χ1v) is 10.1. The third-order valence-electron chi connectivity index (χ3n) is 4.36. The molecule has 8 heteroatoms. The average molecular weight is 404 g/mol. The summed E-state index contributed by atoms with van der Waals surface area (Å²) >= 11 is 1.36. The zero-order chi connectivity index (χ0) is 20.1. The van der Waals surface area contributed by atoms with E-state index in [0.717, 1.165) is 16.9 Å². The molecule has 29 heavy (non-hydrogen) atoms. The van der Waals surface area contributed by atoms with Crippen LogP contribution in [0.15, 0.2) is 78.5 Å². The minimum atomic E-state index is -0.0513. The lowest BCUT2D eigenvalue weighted by Crippen LogP contribution is -2.24. The Bertz CT molecular complexity index is 1070. The highest BCUT2D eigenvalue weighted by Crippen LogP contribution is 2.19. The van der Waals surface area contributed by atoms with Crippen LogP contribution in [0.2, 0.25) is 0 Å². The first-order chi connectivity index (χ1) is 14.2. The number of carbonyl (C=O) groups is 1. The summed E-state index contributed by atoms with van der Waals surface area (Å²) in [6.07, 6.45) is 5.29. The number of rotatable bonds is 7. The summed E-state index contributed by atoms with van der Waals surface area (Å²) in [5, 5.41) is 15.9. The lowest BCUT2D eigenvalue weighted by atomic mass is 10.2. The van der Waals surface area contributed by atoms with E-state index in [-0.39, 0.29) is 11.7 Å². The Hall–Kier alpha value is -3.39. The van der Waals surface area contributed by atoms with E-state index >= 15 is 0 Å². The first kappa shape index (κ1) is 18.9. The van der Waals surface area contributed by atoms with Crippen molar-refractivity contribution in [2.24, 2.45) is 0 Å². The molecule has 2 aromatic carbocycles. The Labute approximate surface area is 172 Å². The van der Waals surface area contributed by atoms with Crippen LogP contribution in [-0.4, -0.2) is 36.2 Å². The van der Waals surface area contributed by atoms with Gasteiger partial charge in [-0.25, -0.2) is 4.68 Å². The molecule has 4 rings (SSSR count). The fourth-order valence-electron chi connectivity index (χ4n) is 2.78. The molecule has 0 saturated heterocycles. The molecule has 0 bridgehead atoms. The molecule has 146 valence electrons. The molecule has 0 spiro atoms. The Kier molecular flexibility index (Phi) is 5.71. The van der Waals surface area contributed by atoms with Crippen LogP contribution in [-0.2, 0) is 11.3 Å². The zero-order valence-corrected chi connectivity index (χ0v) is 16.7. The highest BCUT2D eigenvalue weighted by molar-refractivity contribution is 7.99. The van der Waals surface area contributed by atoms with Crippen molar-refractivity contribution in [2.45, 2.75) is 18.6 Å². The van der Waals surface area contributed by atoms with Crippen molar-refractivity contribution < 1.29 is 4.79 Å². The van der Waals surface area contributed by atoms with Crippen LogP contribution >= 0.6 is 11.8 Å². The van der Waals surface area contributed by atoms with Crippen LogP contribution in [0.5, 0.6) is 0 Å². The van der Waals surface area contributed by atoms with Crippen molar-refractivity contribution >= 4 is 17.7 Å². The number of thioether (sulfide) groups is 1. The van der Waals surface area contributed by atoms with Gasteiger partial charge in [0.25, 0.3) is 0 Å². The number of carbonyl (C=O) groups excluding carboxylic acids is 1. The van der Waals surface area contributed by atoms with Gasteiger partial charge in [-0.15, -0.1) is 10.2 Å². The van der Waals surface area contributed by atoms with Crippen molar-refractivity contribution in [2.75, 3.05) is 5.75 Å². The van der Waals surface area contributed by atoms with Crippen molar-refractivity contribution in [3.05, 3.63) is 84.4 Å². The van der Waals surface area contributed by atoms with Gasteiger partial charge in [-0.05, 0) is 42.8 Å². The fourth-order valence-corrected chi connectivity index (χ4v) is 3.53. The van der Waals surface area contributed by atoms with E-state index in [2.05, 4.69) is 20.6 Å². The number of nitrogens with one attached hydrogen (secondary N) is 1. The minimum absolute atomic E-state index is 0.0513. The monoisotopic (exact) mass is 404 g/mol. The fraction of sp³-hybridized carbons (Fsp3) is 0.143. The molecule has 0 aliphatic rings. The van der Waals surface area contributed by atoms with E-state index in [1.165, 1.54) is 17.3 Å².